The van der Waals surface area contributed by atoms with Gasteiger partial charge in [-0.25, -0.2) is 0 Å². The second-order valence-electron chi connectivity index (χ2n) is 6.40. The van der Waals surface area contributed by atoms with Gasteiger partial charge in [0.1, 0.15) is 11.6 Å². The van der Waals surface area contributed by atoms with Crippen LogP contribution < -0.4 is 10.1 Å². The minimum absolute atomic E-state index is 0.0629. The van der Waals surface area contributed by atoms with Crippen molar-refractivity contribution in [2.45, 2.75) is 56.8 Å². The van der Waals surface area contributed by atoms with E-state index in [1.54, 1.807) is 12.1 Å². The van der Waals surface area contributed by atoms with E-state index >= 15 is 0 Å². The number of hydrogen-bond donors (Lipinski definition) is 1. The smallest absolute Gasteiger partial charge is 0.387 e. The van der Waals surface area contributed by atoms with Crippen molar-refractivity contribution in [1.82, 2.24) is 14.8 Å². The van der Waals surface area contributed by atoms with Gasteiger partial charge in [0.2, 0.25) is 5.91 Å². The number of nitrogens with zero attached hydrogens (tertiary/aromatic N) is 3. The minimum Gasteiger partial charge on any atom is -0.433 e. The molecule has 2 aromatic rings. The molecule has 1 amide bonds. The summed E-state index contributed by atoms with van der Waals surface area (Å²) in [6.45, 7) is -1.03. The minimum atomic E-state index is -2.95. The van der Waals surface area contributed by atoms with Crippen molar-refractivity contribution in [2.24, 2.45) is 0 Å². The Kier molecular flexibility index (Phi) is 6.65. The first-order valence-corrected chi connectivity index (χ1v) is 9.91. The van der Waals surface area contributed by atoms with Gasteiger partial charge < -0.3 is 14.6 Å². The monoisotopic (exact) mass is 396 g/mol. The topological polar surface area (TPSA) is 69.0 Å². The fraction of sp³-hybridized carbons (Fsp3) is 0.500. The summed E-state index contributed by atoms with van der Waals surface area (Å²) < 4.78 is 31.5. The zero-order valence-electron chi connectivity index (χ0n) is 15.0. The van der Waals surface area contributed by atoms with Gasteiger partial charge >= 0.3 is 6.61 Å². The first-order valence-electron chi connectivity index (χ1n) is 8.92. The number of anilines is 1. The number of thioether (sulfide) groups is 1. The molecule has 1 aliphatic carbocycles. The molecule has 6 nitrogen and oxygen atoms in total. The molecule has 1 aromatic heterocycles. The van der Waals surface area contributed by atoms with Crippen molar-refractivity contribution < 1.29 is 18.3 Å². The quantitative estimate of drug-likeness (QED) is 0.702. The van der Waals surface area contributed by atoms with Crippen molar-refractivity contribution in [3.63, 3.8) is 0 Å². The van der Waals surface area contributed by atoms with E-state index in [-0.39, 0.29) is 23.1 Å². The SMILES string of the molecule is Cc1nnc(SCC(=O)Nc2ccccc2OC(F)F)n1C1CCCCC1. The fourth-order valence-electron chi connectivity index (χ4n) is 3.29. The number of nitrogens with one attached hydrogen (secondary N) is 1. The standard InChI is InChI=1S/C18H22F2N4O2S/c1-12-22-23-18(24(12)13-7-3-2-4-8-13)27-11-16(25)21-14-9-5-6-10-15(14)26-17(19)20/h5-6,9-10,13,17H,2-4,7-8,11H2,1H3,(H,21,25). The van der Waals surface area contributed by atoms with E-state index in [0.29, 0.717) is 11.2 Å². The number of amides is 1. The van der Waals surface area contributed by atoms with Crippen LogP contribution in [0.4, 0.5) is 14.5 Å². The van der Waals surface area contributed by atoms with Crippen molar-refractivity contribution in [1.29, 1.82) is 0 Å². The number of carbonyl (C=O) groups excluding carboxylic acids is 1. The lowest BCUT2D eigenvalue weighted by Gasteiger charge is -2.24. The Hall–Kier alpha value is -2.16. The maximum absolute atomic E-state index is 12.5. The van der Waals surface area contributed by atoms with Crippen molar-refractivity contribution in [3.8, 4) is 5.75 Å². The largest absolute Gasteiger partial charge is 0.433 e. The molecule has 1 heterocycles. The van der Waals surface area contributed by atoms with Gasteiger partial charge in [0, 0.05) is 6.04 Å². The van der Waals surface area contributed by atoms with Crippen LogP contribution >= 0.6 is 11.8 Å². The summed E-state index contributed by atoms with van der Waals surface area (Å²) in [5.74, 6) is 0.571. The number of halogens is 2. The molecule has 9 heteroatoms. The molecule has 0 unspecified atom stereocenters. The predicted octanol–water partition coefficient (Wildman–Crippen LogP) is 4.42. The molecule has 1 N–H and O–H groups in total. The highest BCUT2D eigenvalue weighted by Gasteiger charge is 2.22. The molecule has 0 saturated heterocycles. The molecule has 1 aliphatic rings. The molecule has 0 aliphatic heterocycles. The van der Waals surface area contributed by atoms with E-state index in [4.69, 9.17) is 0 Å². The second kappa shape index (κ2) is 9.16. The average Bonchev–Trinajstić information content (AvgIpc) is 3.02. The van der Waals surface area contributed by atoms with Crippen LogP contribution in [0.3, 0.4) is 0 Å². The average molecular weight is 396 g/mol. The maximum Gasteiger partial charge on any atom is 0.387 e. The molecule has 146 valence electrons. The van der Waals surface area contributed by atoms with Gasteiger partial charge in [0.05, 0.1) is 11.4 Å². The summed E-state index contributed by atoms with van der Waals surface area (Å²) in [6.07, 6.45) is 5.82. The molecule has 1 fully saturated rings. The molecule has 1 aromatic carbocycles. The number of aromatic nitrogens is 3. The van der Waals surface area contributed by atoms with E-state index in [1.165, 1.54) is 43.2 Å². The van der Waals surface area contributed by atoms with Crippen LogP contribution in [0.15, 0.2) is 29.4 Å². The lowest BCUT2D eigenvalue weighted by atomic mass is 9.95. The Balaban J connectivity index is 1.62. The summed E-state index contributed by atoms with van der Waals surface area (Å²) in [5, 5.41) is 11.7. The van der Waals surface area contributed by atoms with E-state index < -0.39 is 6.61 Å². The fourth-order valence-corrected chi connectivity index (χ4v) is 4.14. The predicted molar refractivity (Wildman–Crippen MR) is 99.3 cm³/mol. The lowest BCUT2D eigenvalue weighted by molar-refractivity contribution is -0.113. The van der Waals surface area contributed by atoms with Gasteiger partial charge in [0.15, 0.2) is 5.16 Å². The van der Waals surface area contributed by atoms with E-state index in [0.717, 1.165) is 18.7 Å². The number of hydrogen-bond acceptors (Lipinski definition) is 5. The number of rotatable bonds is 7. The van der Waals surface area contributed by atoms with Gasteiger partial charge in [0.25, 0.3) is 0 Å². The van der Waals surface area contributed by atoms with Crippen LogP contribution in [-0.2, 0) is 4.79 Å². The van der Waals surface area contributed by atoms with Gasteiger partial charge in [-0.3, -0.25) is 4.79 Å². The molecule has 0 spiro atoms. The zero-order valence-corrected chi connectivity index (χ0v) is 15.8. The van der Waals surface area contributed by atoms with Gasteiger partial charge in [-0.2, -0.15) is 8.78 Å². The molecular formula is C18H22F2N4O2S. The summed E-state index contributed by atoms with van der Waals surface area (Å²) in [5.41, 5.74) is 0.216. The van der Waals surface area contributed by atoms with E-state index in [2.05, 4.69) is 24.8 Å². The Morgan fingerprint density at radius 1 is 1.30 bits per heavy atom. The molecular weight excluding hydrogens is 374 g/mol. The first-order chi connectivity index (χ1) is 13.0. The Labute approximate surface area is 160 Å². The van der Waals surface area contributed by atoms with Crippen LogP contribution in [0, 0.1) is 6.92 Å². The molecule has 0 radical (unpaired) electrons. The lowest BCUT2D eigenvalue weighted by Crippen LogP contribution is -2.18. The second-order valence-corrected chi connectivity index (χ2v) is 7.35. The van der Waals surface area contributed by atoms with Gasteiger partial charge in [-0.15, -0.1) is 10.2 Å². The normalized spacial score (nSPS) is 15.1. The van der Waals surface area contributed by atoms with Crippen LogP contribution in [0.1, 0.15) is 44.0 Å². The van der Waals surface area contributed by atoms with Crippen LogP contribution in [-0.4, -0.2) is 33.0 Å². The van der Waals surface area contributed by atoms with Gasteiger partial charge in [-0.05, 0) is 31.9 Å². The van der Waals surface area contributed by atoms with Crippen LogP contribution in [0.2, 0.25) is 0 Å². The van der Waals surface area contributed by atoms with Crippen molar-refractivity contribution >= 4 is 23.4 Å². The molecule has 3 rings (SSSR count). The number of carbonyl (C=O) groups is 1. The number of para-hydroxylation sites is 2. The molecule has 0 atom stereocenters. The third kappa shape index (κ3) is 5.18. The summed E-state index contributed by atoms with van der Waals surface area (Å²) in [7, 11) is 0. The molecule has 0 bridgehead atoms. The maximum atomic E-state index is 12.5. The molecule has 27 heavy (non-hydrogen) atoms. The van der Waals surface area contributed by atoms with Crippen molar-refractivity contribution in [2.75, 3.05) is 11.1 Å². The summed E-state index contributed by atoms with van der Waals surface area (Å²) in [4.78, 5) is 12.3. The highest BCUT2D eigenvalue weighted by atomic mass is 32.2. The Bertz CT molecular complexity index is 778. The number of aryl methyl sites for hydroxylation is 1. The highest BCUT2D eigenvalue weighted by Crippen LogP contribution is 2.32. The Morgan fingerprint density at radius 3 is 2.78 bits per heavy atom. The van der Waals surface area contributed by atoms with Gasteiger partial charge in [-0.1, -0.05) is 43.2 Å². The van der Waals surface area contributed by atoms with Crippen LogP contribution in [0.25, 0.3) is 0 Å². The third-order valence-electron chi connectivity index (χ3n) is 4.48. The first kappa shape index (κ1) is 19.6. The van der Waals surface area contributed by atoms with E-state index in [9.17, 15) is 13.6 Å². The summed E-state index contributed by atoms with van der Waals surface area (Å²) in [6, 6.07) is 6.49. The zero-order chi connectivity index (χ0) is 19.2. The third-order valence-corrected chi connectivity index (χ3v) is 5.43. The number of benzene rings is 1. The Morgan fingerprint density at radius 2 is 2.04 bits per heavy atom. The van der Waals surface area contributed by atoms with Crippen LogP contribution in [0.5, 0.6) is 5.75 Å². The number of alkyl halides is 2. The highest BCUT2D eigenvalue weighted by molar-refractivity contribution is 7.99. The molecule has 1 saturated carbocycles. The summed E-state index contributed by atoms with van der Waals surface area (Å²) >= 11 is 1.30. The number of ether oxygens (including phenoxy) is 1. The van der Waals surface area contributed by atoms with E-state index in [1.807, 2.05) is 6.92 Å². The van der Waals surface area contributed by atoms with Crippen molar-refractivity contribution in [3.05, 3.63) is 30.1 Å².